The molecule has 40 heavy (non-hydrogen) atoms. The van der Waals surface area contributed by atoms with Gasteiger partial charge in [0.05, 0.1) is 29.4 Å². The number of halogens is 2. The molecule has 3 N–H and O–H groups in total. The summed E-state index contributed by atoms with van der Waals surface area (Å²) < 4.78 is 6.76. The third-order valence-corrected chi connectivity index (χ3v) is 6.82. The van der Waals surface area contributed by atoms with Crippen molar-refractivity contribution in [2.24, 2.45) is 0 Å². The third-order valence-electron chi connectivity index (χ3n) is 6.42. The molecule has 1 aliphatic carbocycles. The fraction of sp³-hybridized carbons (Fsp3) is 0.308. The number of nitrogens with one attached hydrogen (secondary N) is 3. The van der Waals surface area contributed by atoms with E-state index in [0.29, 0.717) is 27.7 Å². The van der Waals surface area contributed by atoms with E-state index in [1.165, 1.54) is 27.8 Å². The number of methoxy groups -OCH3 is 1. The van der Waals surface area contributed by atoms with E-state index in [1.54, 1.807) is 56.6 Å². The van der Waals surface area contributed by atoms with Gasteiger partial charge < -0.3 is 25.7 Å². The Hall–Kier alpha value is -4.00. The zero-order valence-corrected chi connectivity index (χ0v) is 23.5. The van der Waals surface area contributed by atoms with E-state index in [0.717, 1.165) is 0 Å². The standard InChI is InChI=1S/C26H28Cl2N8O4/c1-15(40-3)8-22(26(39)31-18-5-6-19(29)16(9-18)11-30-2)35-14-24(37)34(13-25(35)38)21-10-17(27)4-7-20(21)36-12-23(28)32-33-36/h4-7,9-12,15,22,29-30H,8,13-14H2,1-3H3,(H,31,39)/b16-11-,29-19?. The van der Waals surface area contributed by atoms with Crippen molar-refractivity contribution in [2.75, 3.05) is 32.1 Å². The minimum atomic E-state index is -0.992. The molecule has 0 saturated carbocycles. The van der Waals surface area contributed by atoms with Gasteiger partial charge in [0.15, 0.2) is 5.15 Å². The molecule has 0 radical (unpaired) electrons. The van der Waals surface area contributed by atoms with Crippen molar-refractivity contribution >= 4 is 52.3 Å². The van der Waals surface area contributed by atoms with E-state index in [4.69, 9.17) is 33.3 Å². The summed E-state index contributed by atoms with van der Waals surface area (Å²) in [7, 11) is 3.22. The molecule has 14 heteroatoms. The molecule has 2 atom stereocenters. The zero-order chi connectivity index (χ0) is 29.0. The maximum absolute atomic E-state index is 13.5. The SMILES string of the molecule is CN/C=C1/C=C(NC(=O)C(CC(C)OC)N2CC(=O)N(c3cc(Cl)ccc3-n3cc(Cl)nn3)CC2=O)C=CC1=N. The Morgan fingerprint density at radius 2 is 1.98 bits per heavy atom. The van der Waals surface area contributed by atoms with Crippen molar-refractivity contribution in [1.29, 1.82) is 5.41 Å². The monoisotopic (exact) mass is 586 g/mol. The van der Waals surface area contributed by atoms with Crippen LogP contribution in [0.15, 0.2) is 60.1 Å². The predicted octanol–water partition coefficient (Wildman–Crippen LogP) is 2.24. The topological polar surface area (TPSA) is 146 Å². The smallest absolute Gasteiger partial charge is 0.247 e. The van der Waals surface area contributed by atoms with E-state index in [1.807, 2.05) is 0 Å². The summed E-state index contributed by atoms with van der Waals surface area (Å²) in [6.45, 7) is 1.11. The molecule has 0 bridgehead atoms. The number of piperazine rings is 1. The van der Waals surface area contributed by atoms with Crippen LogP contribution in [0.4, 0.5) is 5.69 Å². The van der Waals surface area contributed by atoms with Crippen molar-refractivity contribution < 1.29 is 19.1 Å². The lowest BCUT2D eigenvalue weighted by atomic mass is 10.0. The Morgan fingerprint density at radius 3 is 2.65 bits per heavy atom. The number of carbonyl (C=O) groups excluding carboxylic acids is 3. The number of carbonyl (C=O) groups is 3. The van der Waals surface area contributed by atoms with Crippen molar-refractivity contribution in [3.8, 4) is 5.69 Å². The minimum Gasteiger partial charge on any atom is -0.393 e. The molecule has 1 saturated heterocycles. The maximum atomic E-state index is 13.5. The molecule has 0 spiro atoms. The molecular weight excluding hydrogens is 559 g/mol. The molecule has 210 valence electrons. The molecule has 1 fully saturated rings. The molecule has 3 amide bonds. The average molecular weight is 587 g/mol. The number of hydrogen-bond acceptors (Lipinski definition) is 8. The van der Waals surface area contributed by atoms with E-state index in [9.17, 15) is 14.4 Å². The number of nitrogens with zero attached hydrogens (tertiary/aromatic N) is 5. The first-order valence-electron chi connectivity index (χ1n) is 12.3. The van der Waals surface area contributed by atoms with Gasteiger partial charge in [-0.3, -0.25) is 19.3 Å². The van der Waals surface area contributed by atoms with Crippen molar-refractivity contribution in [3.05, 3.63) is 70.3 Å². The van der Waals surface area contributed by atoms with Crippen LogP contribution in [0.5, 0.6) is 0 Å². The molecule has 1 aromatic carbocycles. The summed E-state index contributed by atoms with van der Waals surface area (Å²) in [5.41, 5.74) is 2.11. The van der Waals surface area contributed by atoms with Gasteiger partial charge in [0, 0.05) is 43.1 Å². The van der Waals surface area contributed by atoms with Gasteiger partial charge in [-0.15, -0.1) is 5.10 Å². The number of amides is 3. The van der Waals surface area contributed by atoms with Crippen molar-refractivity contribution in [2.45, 2.75) is 25.5 Å². The van der Waals surface area contributed by atoms with Gasteiger partial charge in [-0.25, -0.2) is 4.68 Å². The molecular formula is C26H28Cl2N8O4. The lowest BCUT2D eigenvalue weighted by Gasteiger charge is -2.39. The Labute approximate surface area is 240 Å². The molecule has 1 aromatic heterocycles. The van der Waals surface area contributed by atoms with Gasteiger partial charge >= 0.3 is 0 Å². The highest BCUT2D eigenvalue weighted by molar-refractivity contribution is 6.31. The summed E-state index contributed by atoms with van der Waals surface area (Å²) in [5, 5.41) is 22.0. The summed E-state index contributed by atoms with van der Waals surface area (Å²) in [6.07, 6.45) is 7.70. The highest BCUT2D eigenvalue weighted by Gasteiger charge is 2.39. The quantitative estimate of drug-likeness (QED) is 0.408. The Morgan fingerprint density at radius 1 is 1.20 bits per heavy atom. The van der Waals surface area contributed by atoms with Crippen LogP contribution in [0.3, 0.4) is 0 Å². The highest BCUT2D eigenvalue weighted by atomic mass is 35.5. The number of ether oxygens (including phenoxy) is 1. The van der Waals surface area contributed by atoms with Crippen LogP contribution in [-0.4, -0.2) is 82.7 Å². The predicted molar refractivity (Wildman–Crippen MR) is 151 cm³/mol. The minimum absolute atomic E-state index is 0.155. The van der Waals surface area contributed by atoms with Crippen LogP contribution in [0.2, 0.25) is 10.2 Å². The van der Waals surface area contributed by atoms with Crippen molar-refractivity contribution in [1.82, 2.24) is 30.5 Å². The summed E-state index contributed by atoms with van der Waals surface area (Å²) >= 11 is 12.2. The largest absolute Gasteiger partial charge is 0.393 e. The second kappa shape index (κ2) is 12.5. The van der Waals surface area contributed by atoms with Crippen molar-refractivity contribution in [3.63, 3.8) is 0 Å². The molecule has 4 rings (SSSR count). The van der Waals surface area contributed by atoms with Gasteiger partial charge in [-0.1, -0.05) is 28.4 Å². The van der Waals surface area contributed by atoms with E-state index in [-0.39, 0.29) is 36.5 Å². The first-order valence-corrected chi connectivity index (χ1v) is 13.0. The fourth-order valence-corrected chi connectivity index (χ4v) is 4.62. The number of anilines is 1. The number of hydrogen-bond donors (Lipinski definition) is 3. The van der Waals surface area contributed by atoms with E-state index in [2.05, 4.69) is 20.9 Å². The summed E-state index contributed by atoms with van der Waals surface area (Å²) in [6, 6.07) is 3.83. The zero-order valence-electron chi connectivity index (χ0n) is 22.0. The Kier molecular flexibility index (Phi) is 9.03. The number of rotatable bonds is 9. The van der Waals surface area contributed by atoms with Crippen LogP contribution in [0.1, 0.15) is 13.3 Å². The number of aromatic nitrogens is 3. The van der Waals surface area contributed by atoms with Crippen LogP contribution >= 0.6 is 23.2 Å². The lowest BCUT2D eigenvalue weighted by molar-refractivity contribution is -0.146. The Bertz CT molecular complexity index is 1430. The van der Waals surface area contributed by atoms with Crippen LogP contribution < -0.4 is 15.5 Å². The lowest BCUT2D eigenvalue weighted by Crippen LogP contribution is -2.60. The number of benzene rings is 1. The second-order valence-electron chi connectivity index (χ2n) is 9.14. The van der Waals surface area contributed by atoms with Gasteiger partial charge in [0.2, 0.25) is 17.7 Å². The molecule has 2 aromatic rings. The van der Waals surface area contributed by atoms with Crippen LogP contribution in [0, 0.1) is 5.41 Å². The second-order valence-corrected chi connectivity index (χ2v) is 9.97. The van der Waals surface area contributed by atoms with E-state index >= 15 is 0 Å². The average Bonchev–Trinajstić information content (AvgIpc) is 3.36. The van der Waals surface area contributed by atoms with Gasteiger partial charge in [-0.2, -0.15) is 0 Å². The van der Waals surface area contributed by atoms with Gasteiger partial charge in [-0.05, 0) is 43.4 Å². The molecule has 12 nitrogen and oxygen atoms in total. The Balaban J connectivity index is 1.59. The molecule has 2 aliphatic rings. The third kappa shape index (κ3) is 6.41. The summed E-state index contributed by atoms with van der Waals surface area (Å²) in [5.74, 6) is -1.33. The fourth-order valence-electron chi connectivity index (χ4n) is 4.33. The maximum Gasteiger partial charge on any atom is 0.247 e. The van der Waals surface area contributed by atoms with Gasteiger partial charge in [0.25, 0.3) is 0 Å². The van der Waals surface area contributed by atoms with Gasteiger partial charge in [0.1, 0.15) is 19.1 Å². The summed E-state index contributed by atoms with van der Waals surface area (Å²) in [4.78, 5) is 43.0. The van der Waals surface area contributed by atoms with Crippen LogP contribution in [0.25, 0.3) is 5.69 Å². The molecule has 1 aliphatic heterocycles. The first kappa shape index (κ1) is 29.0. The van der Waals surface area contributed by atoms with E-state index < -0.39 is 23.8 Å². The van der Waals surface area contributed by atoms with Crippen LogP contribution in [-0.2, 0) is 19.1 Å². The number of allylic oxidation sites excluding steroid dienone is 4. The normalized spacial score (nSPS) is 18.2. The molecule has 2 unspecified atom stereocenters. The highest BCUT2D eigenvalue weighted by Crippen LogP contribution is 2.30. The molecule has 2 heterocycles. The first-order chi connectivity index (χ1) is 19.1.